The summed E-state index contributed by atoms with van der Waals surface area (Å²) in [5.41, 5.74) is 0.219. The molecular weight excluding hydrogens is 299 g/mol. The van der Waals surface area contributed by atoms with Crippen LogP contribution in [0.3, 0.4) is 0 Å². The lowest BCUT2D eigenvalue weighted by molar-refractivity contribution is 0.598. The van der Waals surface area contributed by atoms with Gasteiger partial charge in [0.2, 0.25) is 10.0 Å². The van der Waals surface area contributed by atoms with E-state index in [4.69, 9.17) is 0 Å². The second-order valence-electron chi connectivity index (χ2n) is 3.15. The third kappa shape index (κ3) is 4.07. The number of anilines is 1. The van der Waals surface area contributed by atoms with Crippen LogP contribution in [-0.4, -0.2) is 27.8 Å². The van der Waals surface area contributed by atoms with Crippen molar-refractivity contribution in [2.75, 3.05) is 24.1 Å². The van der Waals surface area contributed by atoms with Crippen LogP contribution in [0.1, 0.15) is 0 Å². The van der Waals surface area contributed by atoms with Gasteiger partial charge in [-0.25, -0.2) is 12.8 Å². The molecule has 0 saturated carbocycles. The zero-order valence-corrected chi connectivity index (χ0v) is 11.0. The highest BCUT2D eigenvalue weighted by molar-refractivity contribution is 9.10. The molecule has 0 atom stereocenters. The molecule has 0 aliphatic rings. The van der Waals surface area contributed by atoms with Gasteiger partial charge in [-0.2, -0.15) is 0 Å². The Kier molecular flexibility index (Phi) is 4.69. The molecule has 1 aromatic carbocycles. The van der Waals surface area contributed by atoms with Crippen LogP contribution in [0.25, 0.3) is 0 Å². The Balaban J connectivity index is 2.76. The monoisotopic (exact) mass is 310 g/mol. The summed E-state index contributed by atoms with van der Waals surface area (Å²) in [6.07, 6.45) is 0. The summed E-state index contributed by atoms with van der Waals surface area (Å²) in [5.74, 6) is -0.560. The van der Waals surface area contributed by atoms with E-state index in [1.165, 1.54) is 12.1 Å². The Morgan fingerprint density at radius 1 is 1.44 bits per heavy atom. The lowest BCUT2D eigenvalue weighted by Crippen LogP contribution is -2.24. The Hall–Kier alpha value is -0.660. The van der Waals surface area contributed by atoms with Gasteiger partial charge >= 0.3 is 0 Å². The molecule has 4 nitrogen and oxygen atoms in total. The summed E-state index contributed by atoms with van der Waals surface area (Å²) in [7, 11) is -1.76. The Morgan fingerprint density at radius 3 is 2.69 bits per heavy atom. The summed E-state index contributed by atoms with van der Waals surface area (Å²) < 4.78 is 38.6. The third-order valence-electron chi connectivity index (χ3n) is 1.81. The molecule has 1 rings (SSSR count). The van der Waals surface area contributed by atoms with Crippen molar-refractivity contribution in [1.29, 1.82) is 0 Å². The Labute approximate surface area is 102 Å². The lowest BCUT2D eigenvalue weighted by Gasteiger charge is -2.08. The van der Waals surface area contributed by atoms with E-state index in [-0.39, 0.29) is 11.4 Å². The molecule has 0 fully saturated rings. The molecule has 16 heavy (non-hydrogen) atoms. The molecule has 7 heteroatoms. The van der Waals surface area contributed by atoms with E-state index in [9.17, 15) is 12.8 Å². The zero-order chi connectivity index (χ0) is 12.2. The van der Waals surface area contributed by atoms with Crippen LogP contribution in [-0.2, 0) is 10.0 Å². The maximum absolute atomic E-state index is 13.1. The number of halogens is 2. The summed E-state index contributed by atoms with van der Waals surface area (Å²) >= 11 is 2.99. The van der Waals surface area contributed by atoms with Crippen molar-refractivity contribution < 1.29 is 12.8 Å². The van der Waals surface area contributed by atoms with Crippen molar-refractivity contribution in [3.63, 3.8) is 0 Å². The topological polar surface area (TPSA) is 58.2 Å². The van der Waals surface area contributed by atoms with Crippen molar-refractivity contribution in [1.82, 2.24) is 5.32 Å². The van der Waals surface area contributed by atoms with E-state index < -0.39 is 15.8 Å². The van der Waals surface area contributed by atoms with Gasteiger partial charge in [0.05, 0.1) is 15.9 Å². The predicted molar refractivity (Wildman–Crippen MR) is 65.4 cm³/mol. The van der Waals surface area contributed by atoms with Gasteiger partial charge in [-0.1, -0.05) is 0 Å². The van der Waals surface area contributed by atoms with Crippen molar-refractivity contribution in [2.24, 2.45) is 0 Å². The summed E-state index contributed by atoms with van der Waals surface area (Å²) in [6.45, 7) is 0.342. The average molecular weight is 311 g/mol. The summed E-state index contributed by atoms with van der Waals surface area (Å²) in [4.78, 5) is 0. The first-order valence-corrected chi connectivity index (χ1v) is 6.99. The van der Waals surface area contributed by atoms with E-state index in [1.807, 2.05) is 0 Å². The van der Waals surface area contributed by atoms with Crippen LogP contribution < -0.4 is 10.0 Å². The van der Waals surface area contributed by atoms with E-state index >= 15 is 0 Å². The van der Waals surface area contributed by atoms with Gasteiger partial charge in [0.1, 0.15) is 5.82 Å². The van der Waals surface area contributed by atoms with Crippen LogP contribution >= 0.6 is 15.9 Å². The summed E-state index contributed by atoms with van der Waals surface area (Å²) in [6, 6.07) is 4.07. The molecule has 0 unspecified atom stereocenters. The van der Waals surface area contributed by atoms with E-state index in [1.54, 1.807) is 7.05 Å². The predicted octanol–water partition coefficient (Wildman–Crippen LogP) is 1.55. The fourth-order valence-electron chi connectivity index (χ4n) is 1.03. The molecule has 0 aromatic heterocycles. The number of hydrogen-bond donors (Lipinski definition) is 2. The van der Waals surface area contributed by atoms with Gasteiger partial charge in [0.15, 0.2) is 0 Å². The molecule has 1 aromatic rings. The fourth-order valence-corrected chi connectivity index (χ4v) is 2.33. The maximum Gasteiger partial charge on any atom is 0.233 e. The second-order valence-corrected chi connectivity index (χ2v) is 5.85. The highest BCUT2D eigenvalue weighted by atomic mass is 79.9. The molecule has 0 bridgehead atoms. The maximum atomic E-state index is 13.1. The Bertz CT molecular complexity index is 465. The second kappa shape index (κ2) is 5.60. The molecule has 0 amide bonds. The van der Waals surface area contributed by atoms with E-state index in [0.717, 1.165) is 6.07 Å². The van der Waals surface area contributed by atoms with Gasteiger partial charge in [-0.05, 0) is 41.2 Å². The number of benzene rings is 1. The van der Waals surface area contributed by atoms with Crippen LogP contribution in [0.4, 0.5) is 10.1 Å². The Morgan fingerprint density at radius 2 is 2.12 bits per heavy atom. The number of sulfonamides is 1. The normalized spacial score (nSPS) is 11.4. The standard InChI is InChI=1S/C9H12BrFN2O2S/c1-12-4-5-16(14,15)13-7-2-3-8(10)9(11)6-7/h2-3,6,12-13H,4-5H2,1H3. The van der Waals surface area contributed by atoms with Crippen molar-refractivity contribution in [3.05, 3.63) is 28.5 Å². The molecule has 90 valence electrons. The molecule has 2 N–H and O–H groups in total. The van der Waals surface area contributed by atoms with Gasteiger partial charge in [-0.3, -0.25) is 4.72 Å². The minimum atomic E-state index is -3.42. The van der Waals surface area contributed by atoms with Crippen molar-refractivity contribution >= 4 is 31.6 Å². The van der Waals surface area contributed by atoms with E-state index in [0.29, 0.717) is 11.0 Å². The number of hydrogen-bond acceptors (Lipinski definition) is 3. The van der Waals surface area contributed by atoms with Gasteiger partial charge in [-0.15, -0.1) is 0 Å². The first-order valence-electron chi connectivity index (χ1n) is 4.55. The minimum absolute atomic E-state index is 0.0544. The third-order valence-corrected chi connectivity index (χ3v) is 3.75. The van der Waals surface area contributed by atoms with Crippen molar-refractivity contribution in [2.45, 2.75) is 0 Å². The lowest BCUT2D eigenvalue weighted by atomic mass is 10.3. The fraction of sp³-hybridized carbons (Fsp3) is 0.333. The molecule has 0 aliphatic carbocycles. The summed E-state index contributed by atoms with van der Waals surface area (Å²) in [5, 5.41) is 2.73. The van der Waals surface area contributed by atoms with Gasteiger partial charge in [0, 0.05) is 6.54 Å². The zero-order valence-electron chi connectivity index (χ0n) is 8.63. The largest absolute Gasteiger partial charge is 0.319 e. The quantitative estimate of drug-likeness (QED) is 0.867. The minimum Gasteiger partial charge on any atom is -0.319 e. The molecule has 0 spiro atoms. The molecule has 0 heterocycles. The first kappa shape index (κ1) is 13.4. The molecular formula is C9H12BrFN2O2S. The van der Waals surface area contributed by atoms with Crippen LogP contribution in [0.15, 0.2) is 22.7 Å². The highest BCUT2D eigenvalue weighted by Crippen LogP contribution is 2.19. The van der Waals surface area contributed by atoms with Crippen molar-refractivity contribution in [3.8, 4) is 0 Å². The molecule has 0 aliphatic heterocycles. The van der Waals surface area contributed by atoms with Crippen LogP contribution in [0.2, 0.25) is 0 Å². The average Bonchev–Trinajstić information content (AvgIpc) is 2.20. The number of rotatable bonds is 5. The van der Waals surface area contributed by atoms with Crippen LogP contribution in [0, 0.1) is 5.82 Å². The molecule has 0 radical (unpaired) electrons. The highest BCUT2D eigenvalue weighted by Gasteiger charge is 2.10. The van der Waals surface area contributed by atoms with E-state index in [2.05, 4.69) is 26.0 Å². The SMILES string of the molecule is CNCCS(=O)(=O)Nc1ccc(Br)c(F)c1. The number of nitrogens with one attached hydrogen (secondary N) is 2. The first-order chi connectivity index (χ1) is 7.44. The molecule has 0 saturated heterocycles. The smallest absolute Gasteiger partial charge is 0.233 e. The van der Waals surface area contributed by atoms with Crippen LogP contribution in [0.5, 0.6) is 0 Å². The van der Waals surface area contributed by atoms with Gasteiger partial charge in [0.25, 0.3) is 0 Å². The van der Waals surface area contributed by atoms with Gasteiger partial charge < -0.3 is 5.32 Å².